The van der Waals surface area contributed by atoms with Gasteiger partial charge in [-0.15, -0.1) is 11.3 Å². The van der Waals surface area contributed by atoms with Crippen molar-refractivity contribution in [1.29, 1.82) is 0 Å². The van der Waals surface area contributed by atoms with Crippen molar-refractivity contribution in [2.45, 2.75) is 43.1 Å². The first-order chi connectivity index (χ1) is 15.9. The van der Waals surface area contributed by atoms with E-state index in [-0.39, 0.29) is 17.5 Å². The van der Waals surface area contributed by atoms with E-state index < -0.39 is 5.25 Å². The number of aromatic nitrogens is 2. The highest BCUT2D eigenvalue weighted by molar-refractivity contribution is 8.00. The van der Waals surface area contributed by atoms with Crippen LogP contribution in [0.5, 0.6) is 0 Å². The zero-order valence-corrected chi connectivity index (χ0v) is 20.4. The molecule has 2 aromatic heterocycles. The fourth-order valence-corrected chi connectivity index (χ4v) is 5.85. The molecule has 1 saturated carbocycles. The van der Waals surface area contributed by atoms with Gasteiger partial charge in [0, 0.05) is 24.0 Å². The Balaban J connectivity index is 1.55. The summed E-state index contributed by atoms with van der Waals surface area (Å²) < 4.78 is 1.57. The third-order valence-corrected chi connectivity index (χ3v) is 8.25. The molecule has 1 atom stereocenters. The molecule has 1 amide bonds. The molecule has 0 spiro atoms. The number of hydrogen-bond donors (Lipinski definition) is 1. The number of carbonyl (C=O) groups excluding carboxylic acids is 1. The minimum atomic E-state index is -0.471. The molecule has 1 unspecified atom stereocenters. The maximum atomic E-state index is 13.4. The SMILES string of the molecule is Cc1ccc(-c2csc3nc(SC(C(=O)NC4CC4)c4ccccc4)n(C)c(=O)c23)cc1C. The topological polar surface area (TPSA) is 64.0 Å². The first-order valence-corrected chi connectivity index (χ1v) is 12.8. The maximum absolute atomic E-state index is 13.4. The van der Waals surface area contributed by atoms with Crippen LogP contribution in [0.2, 0.25) is 0 Å². The minimum absolute atomic E-state index is 0.0370. The van der Waals surface area contributed by atoms with Crippen LogP contribution < -0.4 is 10.9 Å². The normalized spacial score (nSPS) is 14.4. The Morgan fingerprint density at radius 2 is 1.91 bits per heavy atom. The molecule has 33 heavy (non-hydrogen) atoms. The summed E-state index contributed by atoms with van der Waals surface area (Å²) in [5, 5.41) is 5.82. The van der Waals surface area contributed by atoms with Crippen LogP contribution >= 0.6 is 23.1 Å². The van der Waals surface area contributed by atoms with Gasteiger partial charge in [0.05, 0.1) is 5.39 Å². The number of fused-ring (bicyclic) bond motifs is 1. The van der Waals surface area contributed by atoms with E-state index in [9.17, 15) is 9.59 Å². The Hall–Kier alpha value is -2.90. The molecule has 2 aromatic carbocycles. The van der Waals surface area contributed by atoms with Crippen LogP contribution in [-0.2, 0) is 11.8 Å². The molecule has 0 saturated heterocycles. The third-order valence-electron chi connectivity index (χ3n) is 6.08. The van der Waals surface area contributed by atoms with E-state index in [1.165, 1.54) is 34.2 Å². The van der Waals surface area contributed by atoms with Crippen molar-refractivity contribution in [2.75, 3.05) is 0 Å². The van der Waals surface area contributed by atoms with E-state index >= 15 is 0 Å². The first kappa shape index (κ1) is 21.9. The molecule has 0 bridgehead atoms. The van der Waals surface area contributed by atoms with Gasteiger partial charge in [-0.3, -0.25) is 14.2 Å². The summed E-state index contributed by atoms with van der Waals surface area (Å²) in [5.41, 5.74) is 5.16. The molecule has 5 nitrogen and oxygen atoms in total. The highest BCUT2D eigenvalue weighted by Crippen LogP contribution is 2.37. The lowest BCUT2D eigenvalue weighted by molar-refractivity contribution is -0.120. The standard InChI is InChI=1S/C26H25N3O2S2/c1-15-9-10-18(13-16(15)2)20-14-32-24-21(20)25(31)29(3)26(28-24)33-22(17-7-5-4-6-8-17)23(30)27-19-11-12-19/h4-10,13-14,19,22H,11-12H2,1-3H3,(H,27,30). The predicted molar refractivity (Wildman–Crippen MR) is 136 cm³/mol. The van der Waals surface area contributed by atoms with E-state index in [4.69, 9.17) is 4.98 Å². The van der Waals surface area contributed by atoms with E-state index in [1.54, 1.807) is 11.6 Å². The van der Waals surface area contributed by atoms with Crippen molar-refractivity contribution >= 4 is 39.2 Å². The van der Waals surface area contributed by atoms with Crippen molar-refractivity contribution in [3.05, 3.63) is 81.0 Å². The van der Waals surface area contributed by atoms with E-state index in [0.29, 0.717) is 15.4 Å². The largest absolute Gasteiger partial charge is 0.352 e. The molecular formula is C26H25N3O2S2. The van der Waals surface area contributed by atoms with Gasteiger partial charge >= 0.3 is 0 Å². The summed E-state index contributed by atoms with van der Waals surface area (Å²) >= 11 is 2.80. The van der Waals surface area contributed by atoms with Gasteiger partial charge < -0.3 is 5.32 Å². The average Bonchev–Trinajstić information content (AvgIpc) is 3.53. The Morgan fingerprint density at radius 1 is 1.15 bits per heavy atom. The minimum Gasteiger partial charge on any atom is -0.352 e. The number of nitrogens with one attached hydrogen (secondary N) is 1. The van der Waals surface area contributed by atoms with Crippen LogP contribution in [0.15, 0.2) is 63.9 Å². The second-order valence-corrected chi connectivity index (χ2v) is 10.5. The fourth-order valence-electron chi connectivity index (χ4n) is 3.79. The fraction of sp³-hybridized carbons (Fsp3) is 0.269. The number of carbonyl (C=O) groups is 1. The monoisotopic (exact) mass is 475 g/mol. The molecule has 2 heterocycles. The molecule has 0 aliphatic heterocycles. The van der Waals surface area contributed by atoms with Gasteiger partial charge in [0.15, 0.2) is 5.16 Å². The molecule has 4 aromatic rings. The zero-order chi connectivity index (χ0) is 23.1. The summed E-state index contributed by atoms with van der Waals surface area (Å²) in [6.07, 6.45) is 2.05. The summed E-state index contributed by atoms with van der Waals surface area (Å²) in [6.45, 7) is 4.16. The summed E-state index contributed by atoms with van der Waals surface area (Å²) in [5.74, 6) is -0.0370. The number of benzene rings is 2. The molecule has 1 fully saturated rings. The lowest BCUT2D eigenvalue weighted by atomic mass is 10.0. The van der Waals surface area contributed by atoms with Crippen molar-refractivity contribution in [3.63, 3.8) is 0 Å². The summed E-state index contributed by atoms with van der Waals surface area (Å²) in [7, 11) is 1.74. The van der Waals surface area contributed by atoms with E-state index in [2.05, 4.69) is 37.4 Å². The first-order valence-electron chi connectivity index (χ1n) is 11.0. The van der Waals surface area contributed by atoms with Crippen LogP contribution in [0, 0.1) is 13.8 Å². The van der Waals surface area contributed by atoms with Crippen molar-refractivity contribution in [3.8, 4) is 11.1 Å². The molecule has 0 radical (unpaired) electrons. The highest BCUT2D eigenvalue weighted by Gasteiger charge is 2.30. The third kappa shape index (κ3) is 4.35. The number of amides is 1. The van der Waals surface area contributed by atoms with Crippen molar-refractivity contribution in [2.24, 2.45) is 7.05 Å². The number of aryl methyl sites for hydroxylation is 2. The lowest BCUT2D eigenvalue weighted by Gasteiger charge is -2.18. The van der Waals surface area contributed by atoms with Gasteiger partial charge in [-0.1, -0.05) is 60.3 Å². The van der Waals surface area contributed by atoms with Gasteiger partial charge in [0.2, 0.25) is 5.91 Å². The number of nitrogens with zero attached hydrogens (tertiary/aromatic N) is 2. The Kier molecular flexibility index (Phi) is 5.85. The molecule has 1 aliphatic rings. The Bertz CT molecular complexity index is 1400. The second-order valence-electron chi connectivity index (χ2n) is 8.58. The van der Waals surface area contributed by atoms with Crippen molar-refractivity contribution in [1.82, 2.24) is 14.9 Å². The summed E-state index contributed by atoms with van der Waals surface area (Å²) in [4.78, 5) is 32.0. The van der Waals surface area contributed by atoms with Crippen LogP contribution in [0.4, 0.5) is 0 Å². The van der Waals surface area contributed by atoms with Crippen LogP contribution in [0.3, 0.4) is 0 Å². The van der Waals surface area contributed by atoms with Crippen molar-refractivity contribution < 1.29 is 4.79 Å². The quantitative estimate of drug-likeness (QED) is 0.300. The molecule has 1 N–H and O–H groups in total. The number of hydrogen-bond acceptors (Lipinski definition) is 5. The van der Waals surface area contributed by atoms with E-state index in [1.807, 2.05) is 35.7 Å². The van der Waals surface area contributed by atoms with Crippen LogP contribution in [0.25, 0.3) is 21.3 Å². The van der Waals surface area contributed by atoms with Gasteiger partial charge in [-0.2, -0.15) is 0 Å². The van der Waals surface area contributed by atoms with Crippen LogP contribution in [0.1, 0.15) is 34.8 Å². The average molecular weight is 476 g/mol. The molecule has 168 valence electrons. The van der Waals surface area contributed by atoms with Gasteiger partial charge in [-0.25, -0.2) is 4.98 Å². The molecule has 7 heteroatoms. The highest BCUT2D eigenvalue weighted by atomic mass is 32.2. The maximum Gasteiger partial charge on any atom is 0.263 e. The second kappa shape index (κ2) is 8.80. The van der Waals surface area contributed by atoms with E-state index in [0.717, 1.165) is 29.5 Å². The number of thioether (sulfide) groups is 1. The van der Waals surface area contributed by atoms with Gasteiger partial charge in [0.1, 0.15) is 10.1 Å². The van der Waals surface area contributed by atoms with Crippen LogP contribution in [-0.4, -0.2) is 21.5 Å². The number of thiophene rings is 1. The zero-order valence-electron chi connectivity index (χ0n) is 18.8. The smallest absolute Gasteiger partial charge is 0.263 e. The van der Waals surface area contributed by atoms with Gasteiger partial charge in [-0.05, 0) is 48.9 Å². The Morgan fingerprint density at radius 3 is 2.61 bits per heavy atom. The molecule has 1 aliphatic carbocycles. The molecular weight excluding hydrogens is 450 g/mol. The predicted octanol–water partition coefficient (Wildman–Crippen LogP) is 5.39. The summed E-state index contributed by atoms with van der Waals surface area (Å²) in [6, 6.07) is 16.2. The lowest BCUT2D eigenvalue weighted by Crippen LogP contribution is -2.30. The Labute approximate surface area is 200 Å². The number of rotatable bonds is 6. The molecule has 5 rings (SSSR count). The van der Waals surface area contributed by atoms with Gasteiger partial charge in [0.25, 0.3) is 5.56 Å².